The minimum Gasteiger partial charge on any atom is -0.443 e. The Labute approximate surface area is 93.5 Å². The molecule has 4 nitrogen and oxygen atoms in total. The second kappa shape index (κ2) is 4.61. The SMILES string of the molecule is Cc1cnn(C(=O)OCc2ccccc2)c1. The number of carbonyl (C=O) groups excluding carboxylic acids is 1. The second-order valence-corrected chi connectivity index (χ2v) is 3.50. The minimum absolute atomic E-state index is 0.262. The summed E-state index contributed by atoms with van der Waals surface area (Å²) in [5.74, 6) is 0. The Kier molecular flexibility index (Phi) is 3.00. The molecule has 0 amide bonds. The Bertz CT molecular complexity index is 477. The van der Waals surface area contributed by atoms with Gasteiger partial charge in [0.25, 0.3) is 0 Å². The molecule has 0 aliphatic heterocycles. The van der Waals surface area contributed by atoms with Crippen molar-refractivity contribution in [2.45, 2.75) is 13.5 Å². The van der Waals surface area contributed by atoms with Crippen LogP contribution >= 0.6 is 0 Å². The van der Waals surface area contributed by atoms with Crippen LogP contribution in [0.4, 0.5) is 4.79 Å². The summed E-state index contributed by atoms with van der Waals surface area (Å²) in [6.07, 6.45) is 2.79. The Morgan fingerprint density at radius 2 is 2.12 bits per heavy atom. The van der Waals surface area contributed by atoms with Gasteiger partial charge in [-0.3, -0.25) is 0 Å². The molecule has 82 valence electrons. The van der Waals surface area contributed by atoms with Gasteiger partial charge >= 0.3 is 6.09 Å². The fraction of sp³-hybridized carbons (Fsp3) is 0.167. The normalized spacial score (nSPS) is 10.1. The lowest BCUT2D eigenvalue weighted by molar-refractivity contribution is 0.138. The van der Waals surface area contributed by atoms with Crippen LogP contribution in [-0.2, 0) is 11.3 Å². The molecular formula is C12H12N2O2. The highest BCUT2D eigenvalue weighted by Crippen LogP contribution is 2.02. The summed E-state index contributed by atoms with van der Waals surface area (Å²) in [4.78, 5) is 11.5. The van der Waals surface area contributed by atoms with E-state index in [1.807, 2.05) is 37.3 Å². The predicted octanol–water partition coefficient (Wildman–Crippen LogP) is 2.38. The van der Waals surface area contributed by atoms with Crippen LogP contribution in [0.2, 0.25) is 0 Å². The number of carbonyl (C=O) groups is 1. The van der Waals surface area contributed by atoms with Crippen molar-refractivity contribution in [1.82, 2.24) is 9.78 Å². The van der Waals surface area contributed by atoms with Crippen LogP contribution in [0.1, 0.15) is 11.1 Å². The number of nitrogens with zero attached hydrogens (tertiary/aromatic N) is 2. The molecular weight excluding hydrogens is 204 g/mol. The lowest BCUT2D eigenvalue weighted by atomic mass is 10.2. The second-order valence-electron chi connectivity index (χ2n) is 3.50. The van der Waals surface area contributed by atoms with E-state index in [0.717, 1.165) is 11.1 Å². The monoisotopic (exact) mass is 216 g/mol. The van der Waals surface area contributed by atoms with E-state index < -0.39 is 6.09 Å². The Balaban J connectivity index is 1.94. The summed E-state index contributed by atoms with van der Waals surface area (Å²) in [5, 5.41) is 3.87. The van der Waals surface area contributed by atoms with Crippen molar-refractivity contribution < 1.29 is 9.53 Å². The van der Waals surface area contributed by atoms with Crippen molar-refractivity contribution in [1.29, 1.82) is 0 Å². The third-order valence-corrected chi connectivity index (χ3v) is 2.10. The van der Waals surface area contributed by atoms with Crippen molar-refractivity contribution in [3.8, 4) is 0 Å². The molecule has 0 aliphatic carbocycles. The minimum atomic E-state index is -0.461. The smallest absolute Gasteiger partial charge is 0.435 e. The maximum Gasteiger partial charge on any atom is 0.435 e. The fourth-order valence-corrected chi connectivity index (χ4v) is 1.30. The maximum atomic E-state index is 11.5. The zero-order valence-corrected chi connectivity index (χ0v) is 8.96. The lowest BCUT2D eigenvalue weighted by Gasteiger charge is -2.03. The van der Waals surface area contributed by atoms with Crippen molar-refractivity contribution in [3.63, 3.8) is 0 Å². The molecule has 16 heavy (non-hydrogen) atoms. The maximum absolute atomic E-state index is 11.5. The first-order valence-electron chi connectivity index (χ1n) is 4.98. The zero-order valence-electron chi connectivity index (χ0n) is 8.96. The average Bonchev–Trinajstić information content (AvgIpc) is 2.74. The number of ether oxygens (including phenoxy) is 1. The summed E-state index contributed by atoms with van der Waals surface area (Å²) in [5.41, 5.74) is 1.89. The van der Waals surface area contributed by atoms with Gasteiger partial charge in [0.15, 0.2) is 0 Å². The van der Waals surface area contributed by atoms with E-state index in [9.17, 15) is 4.79 Å². The van der Waals surface area contributed by atoms with Gasteiger partial charge in [0.05, 0.1) is 6.20 Å². The fourth-order valence-electron chi connectivity index (χ4n) is 1.30. The van der Waals surface area contributed by atoms with Gasteiger partial charge in [0.1, 0.15) is 6.61 Å². The van der Waals surface area contributed by atoms with Crippen LogP contribution in [0.3, 0.4) is 0 Å². The Morgan fingerprint density at radius 3 is 2.75 bits per heavy atom. The first-order chi connectivity index (χ1) is 7.75. The van der Waals surface area contributed by atoms with Crippen LogP contribution in [0.25, 0.3) is 0 Å². The summed E-state index contributed by atoms with van der Waals surface area (Å²) < 4.78 is 6.28. The topological polar surface area (TPSA) is 44.1 Å². The number of hydrogen-bond acceptors (Lipinski definition) is 3. The van der Waals surface area contributed by atoms with Gasteiger partial charge in [-0.2, -0.15) is 9.78 Å². The molecule has 0 spiro atoms. The van der Waals surface area contributed by atoms with Gasteiger partial charge in [0.2, 0.25) is 0 Å². The molecule has 1 heterocycles. The van der Waals surface area contributed by atoms with Gasteiger partial charge in [-0.05, 0) is 18.1 Å². The molecule has 0 atom stereocenters. The van der Waals surface area contributed by atoms with Crippen LogP contribution in [0.15, 0.2) is 42.7 Å². The third kappa shape index (κ3) is 2.48. The number of benzene rings is 1. The zero-order chi connectivity index (χ0) is 11.4. The lowest BCUT2D eigenvalue weighted by Crippen LogP contribution is -2.13. The molecule has 0 saturated carbocycles. The Hall–Kier alpha value is -2.10. The highest BCUT2D eigenvalue weighted by Gasteiger charge is 2.06. The summed E-state index contributed by atoms with van der Waals surface area (Å²) >= 11 is 0. The van der Waals surface area contributed by atoms with E-state index in [4.69, 9.17) is 4.74 Å². The molecule has 0 saturated heterocycles. The molecule has 1 aromatic carbocycles. The third-order valence-electron chi connectivity index (χ3n) is 2.10. The molecule has 2 aromatic rings. The van der Waals surface area contributed by atoms with Gasteiger partial charge in [0, 0.05) is 6.20 Å². The van der Waals surface area contributed by atoms with E-state index >= 15 is 0 Å². The average molecular weight is 216 g/mol. The van der Waals surface area contributed by atoms with Crippen molar-refractivity contribution in [3.05, 3.63) is 53.9 Å². The number of aryl methyl sites for hydroxylation is 1. The van der Waals surface area contributed by atoms with E-state index in [-0.39, 0.29) is 6.61 Å². The molecule has 0 unspecified atom stereocenters. The van der Waals surface area contributed by atoms with Crippen LogP contribution in [0.5, 0.6) is 0 Å². The van der Waals surface area contributed by atoms with Gasteiger partial charge in [-0.25, -0.2) is 4.79 Å². The molecule has 0 radical (unpaired) electrons. The first kappa shape index (κ1) is 10.4. The van der Waals surface area contributed by atoms with E-state index in [2.05, 4.69) is 5.10 Å². The van der Waals surface area contributed by atoms with Crippen LogP contribution in [-0.4, -0.2) is 15.9 Å². The summed E-state index contributed by atoms with van der Waals surface area (Å²) in [7, 11) is 0. The highest BCUT2D eigenvalue weighted by atomic mass is 16.6. The number of hydrogen-bond donors (Lipinski definition) is 0. The largest absolute Gasteiger partial charge is 0.443 e. The van der Waals surface area contributed by atoms with Crippen molar-refractivity contribution in [2.75, 3.05) is 0 Å². The molecule has 4 heteroatoms. The molecule has 0 aliphatic rings. The summed E-state index contributed by atoms with van der Waals surface area (Å²) in [6, 6.07) is 9.54. The Morgan fingerprint density at radius 1 is 1.38 bits per heavy atom. The highest BCUT2D eigenvalue weighted by molar-refractivity contribution is 5.69. The first-order valence-corrected chi connectivity index (χ1v) is 4.98. The standard InChI is InChI=1S/C12H12N2O2/c1-10-7-13-14(8-10)12(15)16-9-11-5-3-2-4-6-11/h2-8H,9H2,1H3. The van der Waals surface area contributed by atoms with Gasteiger partial charge in [-0.1, -0.05) is 30.3 Å². The molecule has 0 fully saturated rings. The van der Waals surface area contributed by atoms with Crippen molar-refractivity contribution in [2.24, 2.45) is 0 Å². The molecule has 0 bridgehead atoms. The van der Waals surface area contributed by atoms with E-state index in [1.54, 1.807) is 12.4 Å². The van der Waals surface area contributed by atoms with Crippen LogP contribution < -0.4 is 0 Å². The van der Waals surface area contributed by atoms with E-state index in [1.165, 1.54) is 4.68 Å². The van der Waals surface area contributed by atoms with Crippen molar-refractivity contribution >= 4 is 6.09 Å². The summed E-state index contributed by atoms with van der Waals surface area (Å²) in [6.45, 7) is 2.13. The quantitative estimate of drug-likeness (QED) is 0.774. The van der Waals surface area contributed by atoms with Gasteiger partial charge in [-0.15, -0.1) is 0 Å². The van der Waals surface area contributed by atoms with Gasteiger partial charge < -0.3 is 4.74 Å². The molecule has 0 N–H and O–H groups in total. The number of aromatic nitrogens is 2. The van der Waals surface area contributed by atoms with E-state index in [0.29, 0.717) is 0 Å². The predicted molar refractivity (Wildman–Crippen MR) is 59.0 cm³/mol. The number of rotatable bonds is 2. The molecule has 2 rings (SSSR count). The van der Waals surface area contributed by atoms with Crippen LogP contribution in [0, 0.1) is 6.92 Å². The molecule has 1 aromatic heterocycles.